The summed E-state index contributed by atoms with van der Waals surface area (Å²) in [4.78, 5) is 11.4. The van der Waals surface area contributed by atoms with Crippen LogP contribution in [0.25, 0.3) is 10.2 Å². The van der Waals surface area contributed by atoms with Crippen molar-refractivity contribution in [1.82, 2.24) is 15.0 Å². The molecule has 4 N–H and O–H groups in total. The largest absolute Gasteiger partial charge is 0.395 e. The number of hydrogen-bond donors (Lipinski definition) is 3. The predicted molar refractivity (Wildman–Crippen MR) is 69.9 cm³/mol. The molecule has 2 aromatic heterocycles. The van der Waals surface area contributed by atoms with Gasteiger partial charge in [-0.25, -0.2) is 9.97 Å². The Bertz CT molecular complexity index is 628. The van der Waals surface area contributed by atoms with Crippen LogP contribution in [0.2, 0.25) is 0 Å². The summed E-state index contributed by atoms with van der Waals surface area (Å²) in [6.07, 6.45) is 3.52. The second-order valence-corrected chi connectivity index (χ2v) is 4.50. The first-order valence-corrected chi connectivity index (χ1v) is 6.06. The standard InChI is InChI=1S/C11H11N5S/c12-10-7(15-5-9-13-3-4-14-9)1-2-8-11(10)16-6-17-8/h1-4,6,15H,5,12H2,(H,13,14). The highest BCUT2D eigenvalue weighted by Gasteiger charge is 2.06. The maximum Gasteiger partial charge on any atom is 0.125 e. The highest BCUT2D eigenvalue weighted by Crippen LogP contribution is 2.29. The average molecular weight is 245 g/mol. The Kier molecular flexibility index (Phi) is 2.41. The van der Waals surface area contributed by atoms with Crippen LogP contribution in [0.3, 0.4) is 0 Å². The molecule has 0 aliphatic carbocycles. The fourth-order valence-corrected chi connectivity index (χ4v) is 2.37. The van der Waals surface area contributed by atoms with E-state index in [9.17, 15) is 0 Å². The first-order valence-electron chi connectivity index (χ1n) is 5.18. The van der Waals surface area contributed by atoms with E-state index in [-0.39, 0.29) is 0 Å². The lowest BCUT2D eigenvalue weighted by Crippen LogP contribution is -2.04. The number of imidazole rings is 1. The van der Waals surface area contributed by atoms with Crippen molar-refractivity contribution in [1.29, 1.82) is 0 Å². The topological polar surface area (TPSA) is 79.6 Å². The third kappa shape index (κ3) is 1.83. The molecule has 17 heavy (non-hydrogen) atoms. The maximum atomic E-state index is 6.05. The molecule has 2 heterocycles. The highest BCUT2D eigenvalue weighted by molar-refractivity contribution is 7.16. The number of thiazole rings is 1. The van der Waals surface area contributed by atoms with Crippen molar-refractivity contribution in [3.8, 4) is 0 Å². The van der Waals surface area contributed by atoms with Crippen LogP contribution in [0.1, 0.15) is 5.82 Å². The van der Waals surface area contributed by atoms with E-state index in [2.05, 4.69) is 20.3 Å². The van der Waals surface area contributed by atoms with Crippen LogP contribution in [0, 0.1) is 0 Å². The lowest BCUT2D eigenvalue weighted by Gasteiger charge is -2.08. The summed E-state index contributed by atoms with van der Waals surface area (Å²) in [5.74, 6) is 0.878. The summed E-state index contributed by atoms with van der Waals surface area (Å²) in [6, 6.07) is 3.99. The quantitative estimate of drug-likeness (QED) is 0.618. The number of nitrogen functional groups attached to an aromatic ring is 1. The molecule has 3 aromatic rings. The molecule has 86 valence electrons. The zero-order valence-electron chi connectivity index (χ0n) is 8.97. The van der Waals surface area contributed by atoms with Crippen molar-refractivity contribution in [3.05, 3.63) is 35.9 Å². The Morgan fingerprint density at radius 1 is 1.35 bits per heavy atom. The first kappa shape index (κ1) is 10.1. The molecule has 0 aliphatic heterocycles. The summed E-state index contributed by atoms with van der Waals surface area (Å²) in [5, 5.41) is 3.24. The van der Waals surface area contributed by atoms with Gasteiger partial charge >= 0.3 is 0 Å². The van der Waals surface area contributed by atoms with Crippen LogP contribution in [-0.4, -0.2) is 15.0 Å². The number of aromatic amines is 1. The van der Waals surface area contributed by atoms with Crippen molar-refractivity contribution in [2.24, 2.45) is 0 Å². The molecule has 0 atom stereocenters. The summed E-state index contributed by atoms with van der Waals surface area (Å²) in [7, 11) is 0. The Morgan fingerprint density at radius 2 is 2.29 bits per heavy atom. The highest BCUT2D eigenvalue weighted by atomic mass is 32.1. The van der Waals surface area contributed by atoms with Gasteiger partial charge in [-0.15, -0.1) is 11.3 Å². The summed E-state index contributed by atoms with van der Waals surface area (Å²) in [6.45, 7) is 0.618. The zero-order valence-corrected chi connectivity index (χ0v) is 9.79. The molecule has 0 spiro atoms. The minimum absolute atomic E-state index is 0.618. The van der Waals surface area contributed by atoms with Gasteiger partial charge in [0.1, 0.15) is 11.3 Å². The molecule has 5 nitrogen and oxygen atoms in total. The number of anilines is 2. The molecule has 3 rings (SSSR count). The van der Waals surface area contributed by atoms with E-state index in [1.54, 1.807) is 29.2 Å². The molecular formula is C11H11N5S. The third-order valence-electron chi connectivity index (χ3n) is 2.54. The van der Waals surface area contributed by atoms with Gasteiger partial charge in [0.2, 0.25) is 0 Å². The molecule has 0 bridgehead atoms. The Labute approximate surface area is 102 Å². The summed E-state index contributed by atoms with van der Waals surface area (Å²) < 4.78 is 1.10. The lowest BCUT2D eigenvalue weighted by atomic mass is 10.2. The molecule has 1 aromatic carbocycles. The Hall–Kier alpha value is -2.08. The van der Waals surface area contributed by atoms with Gasteiger partial charge in [0.15, 0.2) is 0 Å². The van der Waals surface area contributed by atoms with Crippen molar-refractivity contribution in [2.45, 2.75) is 6.54 Å². The predicted octanol–water partition coefficient (Wildman–Crippen LogP) is 2.21. The van der Waals surface area contributed by atoms with E-state index >= 15 is 0 Å². The van der Waals surface area contributed by atoms with Crippen LogP contribution in [0.5, 0.6) is 0 Å². The summed E-state index contributed by atoms with van der Waals surface area (Å²) in [5.41, 5.74) is 10.3. The number of nitrogens with one attached hydrogen (secondary N) is 2. The van der Waals surface area contributed by atoms with Gasteiger partial charge in [0.05, 0.1) is 28.1 Å². The molecular weight excluding hydrogens is 234 g/mol. The fourth-order valence-electron chi connectivity index (χ4n) is 1.68. The number of nitrogens with zero attached hydrogens (tertiary/aromatic N) is 2. The molecule has 0 amide bonds. The average Bonchev–Trinajstić information content (AvgIpc) is 2.99. The van der Waals surface area contributed by atoms with Gasteiger partial charge in [-0.1, -0.05) is 0 Å². The van der Waals surface area contributed by atoms with Crippen LogP contribution in [-0.2, 0) is 6.54 Å². The second kappa shape index (κ2) is 4.06. The SMILES string of the molecule is Nc1c(NCc2ncc[nH]2)ccc2scnc12. The van der Waals surface area contributed by atoms with Crippen molar-refractivity contribution in [2.75, 3.05) is 11.1 Å². The van der Waals surface area contributed by atoms with Crippen LogP contribution in [0.15, 0.2) is 30.0 Å². The van der Waals surface area contributed by atoms with Gasteiger partial charge in [-0.3, -0.25) is 0 Å². The minimum Gasteiger partial charge on any atom is -0.395 e. The number of H-pyrrole nitrogens is 1. The number of fused-ring (bicyclic) bond motifs is 1. The molecule has 0 radical (unpaired) electrons. The minimum atomic E-state index is 0.618. The molecule has 0 unspecified atom stereocenters. The zero-order chi connectivity index (χ0) is 11.7. The molecule has 0 fully saturated rings. The van der Waals surface area contributed by atoms with Gasteiger partial charge in [0.25, 0.3) is 0 Å². The molecule has 0 saturated heterocycles. The molecule has 0 saturated carbocycles. The second-order valence-electron chi connectivity index (χ2n) is 3.62. The number of aromatic nitrogens is 3. The maximum absolute atomic E-state index is 6.05. The fraction of sp³-hybridized carbons (Fsp3) is 0.0909. The Balaban J connectivity index is 1.87. The monoisotopic (exact) mass is 245 g/mol. The van der Waals surface area contributed by atoms with Crippen molar-refractivity contribution >= 4 is 32.9 Å². The number of nitrogens with two attached hydrogens (primary N) is 1. The van der Waals surface area contributed by atoms with E-state index in [0.29, 0.717) is 12.2 Å². The third-order valence-corrected chi connectivity index (χ3v) is 3.34. The summed E-state index contributed by atoms with van der Waals surface area (Å²) >= 11 is 1.59. The molecule has 0 aliphatic rings. The number of rotatable bonds is 3. The van der Waals surface area contributed by atoms with E-state index < -0.39 is 0 Å². The van der Waals surface area contributed by atoms with Gasteiger partial charge in [-0.2, -0.15) is 0 Å². The van der Waals surface area contributed by atoms with Crippen LogP contribution in [0.4, 0.5) is 11.4 Å². The van der Waals surface area contributed by atoms with E-state index in [1.165, 1.54) is 0 Å². The van der Waals surface area contributed by atoms with Gasteiger partial charge < -0.3 is 16.0 Å². The van der Waals surface area contributed by atoms with Crippen LogP contribution >= 0.6 is 11.3 Å². The Morgan fingerprint density at radius 3 is 3.12 bits per heavy atom. The van der Waals surface area contributed by atoms with Crippen molar-refractivity contribution in [3.63, 3.8) is 0 Å². The van der Waals surface area contributed by atoms with Crippen LogP contribution < -0.4 is 11.1 Å². The van der Waals surface area contributed by atoms with Gasteiger partial charge in [-0.05, 0) is 12.1 Å². The smallest absolute Gasteiger partial charge is 0.125 e. The van der Waals surface area contributed by atoms with E-state index in [1.807, 2.05) is 12.1 Å². The number of hydrogen-bond acceptors (Lipinski definition) is 5. The molecule has 6 heteroatoms. The normalized spacial score (nSPS) is 10.8. The first-order chi connectivity index (χ1) is 8.34. The van der Waals surface area contributed by atoms with E-state index in [4.69, 9.17) is 5.73 Å². The lowest BCUT2D eigenvalue weighted by molar-refractivity contribution is 1.00. The van der Waals surface area contributed by atoms with Crippen molar-refractivity contribution < 1.29 is 0 Å². The van der Waals surface area contributed by atoms with Gasteiger partial charge in [0, 0.05) is 12.4 Å². The van der Waals surface area contributed by atoms with E-state index in [0.717, 1.165) is 21.7 Å². The number of benzene rings is 1.